The third-order valence-electron chi connectivity index (χ3n) is 4.17. The Bertz CT molecular complexity index is 1240. The molecule has 2 aromatic carbocycles. The van der Waals surface area contributed by atoms with E-state index in [1.54, 1.807) is 24.3 Å². The molecule has 0 spiro atoms. The molecule has 6 nitrogen and oxygen atoms in total. The quantitative estimate of drug-likeness (QED) is 0.355. The third-order valence-corrected chi connectivity index (χ3v) is 5.09. The van der Waals surface area contributed by atoms with Crippen molar-refractivity contribution in [3.05, 3.63) is 72.0 Å². The van der Waals surface area contributed by atoms with Crippen molar-refractivity contribution in [3.8, 4) is 11.4 Å². The first-order valence-electron chi connectivity index (χ1n) is 8.88. The van der Waals surface area contributed by atoms with E-state index in [9.17, 15) is 22.4 Å². The zero-order chi connectivity index (χ0) is 22.0. The number of halogens is 4. The van der Waals surface area contributed by atoms with Crippen LogP contribution in [0.15, 0.2) is 65.7 Å². The van der Waals surface area contributed by atoms with Gasteiger partial charge in [-0.1, -0.05) is 17.8 Å². The number of carbonyl (C=O) groups excluding carboxylic acids is 1. The number of nitrogens with zero attached hydrogens (tertiary/aromatic N) is 4. The summed E-state index contributed by atoms with van der Waals surface area (Å²) in [5.41, 5.74) is 0.301. The van der Waals surface area contributed by atoms with Gasteiger partial charge in [-0.25, -0.2) is 4.39 Å². The van der Waals surface area contributed by atoms with Gasteiger partial charge in [0.05, 0.1) is 11.3 Å². The van der Waals surface area contributed by atoms with Crippen LogP contribution < -0.4 is 5.32 Å². The second kappa shape index (κ2) is 8.34. The van der Waals surface area contributed by atoms with Gasteiger partial charge in [0, 0.05) is 11.3 Å². The highest BCUT2D eigenvalue weighted by molar-refractivity contribution is 7.99. The average molecular weight is 447 g/mol. The maximum atomic E-state index is 13.2. The second-order valence-corrected chi connectivity index (χ2v) is 7.38. The van der Waals surface area contributed by atoms with E-state index in [1.165, 1.54) is 28.8 Å². The van der Waals surface area contributed by atoms with E-state index in [2.05, 4.69) is 20.6 Å². The zero-order valence-corrected chi connectivity index (χ0v) is 16.4. The number of aromatic nitrogens is 4. The van der Waals surface area contributed by atoms with Gasteiger partial charge < -0.3 is 5.32 Å². The molecule has 11 heteroatoms. The molecule has 0 bridgehead atoms. The number of fused-ring (bicyclic) bond motifs is 1. The molecular weight excluding hydrogens is 434 g/mol. The van der Waals surface area contributed by atoms with Gasteiger partial charge in [-0.3, -0.25) is 4.79 Å². The first-order chi connectivity index (χ1) is 14.8. The monoisotopic (exact) mass is 447 g/mol. The predicted octanol–water partition coefficient (Wildman–Crippen LogP) is 4.68. The molecule has 0 aliphatic carbocycles. The summed E-state index contributed by atoms with van der Waals surface area (Å²) in [6.45, 7) is 0. The van der Waals surface area contributed by atoms with Crippen LogP contribution >= 0.6 is 11.8 Å². The first-order valence-corrected chi connectivity index (χ1v) is 9.86. The van der Waals surface area contributed by atoms with E-state index in [0.717, 1.165) is 23.9 Å². The fourth-order valence-corrected chi connectivity index (χ4v) is 3.39. The summed E-state index contributed by atoms with van der Waals surface area (Å²) in [7, 11) is 0. The fourth-order valence-electron chi connectivity index (χ4n) is 2.74. The molecule has 158 valence electrons. The van der Waals surface area contributed by atoms with E-state index >= 15 is 0 Å². The number of anilines is 1. The van der Waals surface area contributed by atoms with Crippen LogP contribution in [0.5, 0.6) is 0 Å². The lowest BCUT2D eigenvalue weighted by Crippen LogP contribution is -2.15. The molecule has 4 rings (SSSR count). The van der Waals surface area contributed by atoms with Crippen LogP contribution in [0.1, 0.15) is 5.56 Å². The molecule has 2 aromatic heterocycles. The van der Waals surface area contributed by atoms with E-state index < -0.39 is 17.6 Å². The van der Waals surface area contributed by atoms with Crippen LogP contribution in [0.3, 0.4) is 0 Å². The van der Waals surface area contributed by atoms with Crippen molar-refractivity contribution in [2.75, 3.05) is 11.1 Å². The smallest absolute Gasteiger partial charge is 0.325 e. The molecule has 0 saturated carbocycles. The number of hydrogen-bond donors (Lipinski definition) is 1. The number of nitrogens with one attached hydrogen (secondary N) is 1. The SMILES string of the molecule is O=C(CSc1ccc2nnc(-c3ccc(F)cc3)n2n1)Nc1cccc(C(F)(F)F)c1. The van der Waals surface area contributed by atoms with Gasteiger partial charge in [0.2, 0.25) is 5.91 Å². The lowest BCUT2D eigenvalue weighted by Gasteiger charge is -2.09. The van der Waals surface area contributed by atoms with Crippen molar-refractivity contribution in [1.29, 1.82) is 0 Å². The summed E-state index contributed by atoms with van der Waals surface area (Å²) in [4.78, 5) is 12.2. The van der Waals surface area contributed by atoms with E-state index in [-0.39, 0.29) is 17.3 Å². The van der Waals surface area contributed by atoms with Gasteiger partial charge in [-0.2, -0.15) is 22.8 Å². The standard InChI is InChI=1S/C20H13F4N5OS/c21-14-6-4-12(5-7-14)19-27-26-16-8-9-18(28-29(16)19)31-11-17(30)25-15-3-1-2-13(10-15)20(22,23)24/h1-10H,11H2,(H,25,30). The Kier molecular flexibility index (Phi) is 5.59. The highest BCUT2D eigenvalue weighted by atomic mass is 32.2. The summed E-state index contributed by atoms with van der Waals surface area (Å²) in [6.07, 6.45) is -4.49. The van der Waals surface area contributed by atoms with Gasteiger partial charge >= 0.3 is 6.18 Å². The Morgan fingerprint density at radius 1 is 1.03 bits per heavy atom. The van der Waals surface area contributed by atoms with Gasteiger partial charge in [-0.05, 0) is 54.6 Å². The fraction of sp³-hybridized carbons (Fsp3) is 0.100. The van der Waals surface area contributed by atoms with Crippen LogP contribution in [-0.2, 0) is 11.0 Å². The number of hydrogen-bond acceptors (Lipinski definition) is 5. The van der Waals surface area contributed by atoms with Crippen molar-refractivity contribution in [2.45, 2.75) is 11.2 Å². The van der Waals surface area contributed by atoms with Gasteiger partial charge in [-0.15, -0.1) is 10.2 Å². The molecule has 4 aromatic rings. The highest BCUT2D eigenvalue weighted by Crippen LogP contribution is 2.30. The third kappa shape index (κ3) is 4.82. The Hall–Kier alpha value is -3.47. The molecule has 0 atom stereocenters. The summed E-state index contributed by atoms with van der Waals surface area (Å²) >= 11 is 1.10. The molecule has 0 fully saturated rings. The summed E-state index contributed by atoms with van der Waals surface area (Å²) in [5.74, 6) is -0.517. The average Bonchev–Trinajstić information content (AvgIpc) is 3.16. The van der Waals surface area contributed by atoms with Crippen molar-refractivity contribution in [3.63, 3.8) is 0 Å². The number of amides is 1. The van der Waals surface area contributed by atoms with Crippen LogP contribution in [0, 0.1) is 5.82 Å². The van der Waals surface area contributed by atoms with Crippen LogP contribution in [-0.4, -0.2) is 31.5 Å². The first kappa shape index (κ1) is 20.8. The molecule has 2 heterocycles. The minimum absolute atomic E-state index is 0.0567. The largest absolute Gasteiger partial charge is 0.416 e. The molecule has 0 saturated heterocycles. The van der Waals surface area contributed by atoms with Gasteiger partial charge in [0.25, 0.3) is 0 Å². The van der Waals surface area contributed by atoms with Gasteiger partial charge in [0.15, 0.2) is 11.5 Å². The van der Waals surface area contributed by atoms with Crippen LogP contribution in [0.4, 0.5) is 23.2 Å². The van der Waals surface area contributed by atoms with Gasteiger partial charge in [0.1, 0.15) is 10.8 Å². The normalized spacial score (nSPS) is 11.6. The number of benzene rings is 2. The van der Waals surface area contributed by atoms with Crippen molar-refractivity contribution in [1.82, 2.24) is 19.8 Å². The van der Waals surface area contributed by atoms with E-state index in [1.807, 2.05) is 0 Å². The molecule has 31 heavy (non-hydrogen) atoms. The lowest BCUT2D eigenvalue weighted by molar-refractivity contribution is -0.137. The second-order valence-electron chi connectivity index (χ2n) is 6.39. The number of rotatable bonds is 5. The maximum absolute atomic E-state index is 13.2. The topological polar surface area (TPSA) is 72.2 Å². The summed E-state index contributed by atoms with van der Waals surface area (Å²) in [5, 5.41) is 15.4. The van der Waals surface area contributed by atoms with Crippen molar-refractivity contribution in [2.24, 2.45) is 0 Å². The van der Waals surface area contributed by atoms with Crippen molar-refractivity contribution < 1.29 is 22.4 Å². The predicted molar refractivity (Wildman–Crippen MR) is 107 cm³/mol. The van der Waals surface area contributed by atoms with Crippen LogP contribution in [0.25, 0.3) is 17.0 Å². The maximum Gasteiger partial charge on any atom is 0.416 e. The van der Waals surface area contributed by atoms with Crippen molar-refractivity contribution >= 4 is 29.0 Å². The number of thioether (sulfide) groups is 1. The lowest BCUT2D eigenvalue weighted by atomic mass is 10.2. The summed E-state index contributed by atoms with van der Waals surface area (Å²) < 4.78 is 53.0. The summed E-state index contributed by atoms with van der Waals surface area (Å²) in [6, 6.07) is 13.4. The minimum atomic E-state index is -4.49. The molecule has 0 unspecified atom stereocenters. The molecule has 0 aliphatic rings. The molecule has 1 N–H and O–H groups in total. The Morgan fingerprint density at radius 3 is 2.55 bits per heavy atom. The van der Waals surface area contributed by atoms with Crippen LogP contribution in [0.2, 0.25) is 0 Å². The Morgan fingerprint density at radius 2 is 1.81 bits per heavy atom. The highest BCUT2D eigenvalue weighted by Gasteiger charge is 2.30. The molecule has 0 aliphatic heterocycles. The van der Waals surface area contributed by atoms with E-state index in [4.69, 9.17) is 0 Å². The Labute approximate surface area is 177 Å². The molecule has 1 amide bonds. The molecule has 0 radical (unpaired) electrons. The number of alkyl halides is 3. The molecular formula is C20H13F4N5OS. The Balaban J connectivity index is 1.46. The zero-order valence-electron chi connectivity index (χ0n) is 15.6. The van der Waals surface area contributed by atoms with E-state index in [0.29, 0.717) is 22.1 Å². The number of carbonyl (C=O) groups is 1. The minimum Gasteiger partial charge on any atom is -0.325 e.